The molecule has 104 valence electrons. The third-order valence-electron chi connectivity index (χ3n) is 3.22. The van der Waals surface area contributed by atoms with Crippen LogP contribution in [0.2, 0.25) is 0 Å². The molecule has 1 atom stereocenters. The van der Waals surface area contributed by atoms with Gasteiger partial charge in [0.1, 0.15) is 5.69 Å². The van der Waals surface area contributed by atoms with Gasteiger partial charge in [0, 0.05) is 18.7 Å². The lowest BCUT2D eigenvalue weighted by molar-refractivity contribution is -0.384. The number of nitro groups is 1. The monoisotopic (exact) mass is 269 g/mol. The quantitative estimate of drug-likeness (QED) is 0.608. The minimum Gasteiger partial charge on any atom is -0.494 e. The van der Waals surface area contributed by atoms with E-state index in [0.29, 0.717) is 12.5 Å². The van der Waals surface area contributed by atoms with Crippen LogP contribution in [0, 0.1) is 21.8 Å². The minimum absolute atomic E-state index is 0.0342. The average molecular weight is 269 g/mol. The van der Waals surface area contributed by atoms with E-state index < -0.39 is 10.7 Å². The molecule has 0 saturated heterocycles. The predicted molar refractivity (Wildman–Crippen MR) is 68.8 cm³/mol. The second-order valence-electron chi connectivity index (χ2n) is 4.64. The van der Waals surface area contributed by atoms with E-state index >= 15 is 0 Å². The fourth-order valence-electron chi connectivity index (χ4n) is 1.91. The van der Waals surface area contributed by atoms with Crippen molar-refractivity contribution < 1.29 is 14.1 Å². The van der Waals surface area contributed by atoms with Gasteiger partial charge in [-0.05, 0) is 18.8 Å². The summed E-state index contributed by atoms with van der Waals surface area (Å²) in [5, 5.41) is 13.8. The highest BCUT2D eigenvalue weighted by molar-refractivity contribution is 5.64. The standard InChI is InChI=1S/C12H16FN3O3/c1-19-12-5-10(11(16(17)18)4-8(12)13)15-6-9(14)7-2-3-7/h4-5,7,9,15H,2-3,6,14H2,1H3. The molecule has 1 aromatic carbocycles. The smallest absolute Gasteiger partial charge is 0.295 e. The van der Waals surface area contributed by atoms with E-state index in [9.17, 15) is 14.5 Å². The SMILES string of the molecule is COc1cc(NCC(N)C2CC2)c([N+](=O)[O-])cc1F. The van der Waals surface area contributed by atoms with Gasteiger partial charge in [-0.2, -0.15) is 0 Å². The van der Waals surface area contributed by atoms with Crippen molar-refractivity contribution in [3.8, 4) is 5.75 Å². The molecule has 0 aromatic heterocycles. The van der Waals surface area contributed by atoms with Crippen molar-refractivity contribution >= 4 is 11.4 Å². The van der Waals surface area contributed by atoms with Crippen LogP contribution in [0.3, 0.4) is 0 Å². The molecule has 19 heavy (non-hydrogen) atoms. The highest BCUT2D eigenvalue weighted by Gasteiger charge is 2.29. The molecule has 1 fully saturated rings. The molecule has 7 heteroatoms. The largest absolute Gasteiger partial charge is 0.494 e. The van der Waals surface area contributed by atoms with Crippen molar-refractivity contribution in [3.63, 3.8) is 0 Å². The summed E-state index contributed by atoms with van der Waals surface area (Å²) in [5.74, 6) is -0.312. The van der Waals surface area contributed by atoms with Crippen molar-refractivity contribution in [2.24, 2.45) is 11.7 Å². The number of nitrogens with two attached hydrogens (primary N) is 1. The molecule has 1 aliphatic carbocycles. The van der Waals surface area contributed by atoms with E-state index in [-0.39, 0.29) is 23.2 Å². The Balaban J connectivity index is 2.17. The van der Waals surface area contributed by atoms with Crippen LogP contribution in [0.15, 0.2) is 12.1 Å². The first kappa shape index (κ1) is 13.5. The molecule has 0 radical (unpaired) electrons. The van der Waals surface area contributed by atoms with E-state index in [1.165, 1.54) is 13.2 Å². The van der Waals surface area contributed by atoms with E-state index in [0.717, 1.165) is 18.9 Å². The van der Waals surface area contributed by atoms with Crippen molar-refractivity contribution in [1.82, 2.24) is 0 Å². The summed E-state index contributed by atoms with van der Waals surface area (Å²) >= 11 is 0. The molecule has 1 aromatic rings. The summed E-state index contributed by atoms with van der Waals surface area (Å²) in [4.78, 5) is 10.3. The number of ether oxygens (including phenoxy) is 1. The maximum atomic E-state index is 13.4. The first-order chi connectivity index (χ1) is 9.02. The molecule has 1 unspecified atom stereocenters. The molecular formula is C12H16FN3O3. The highest BCUT2D eigenvalue weighted by Crippen LogP contribution is 2.34. The molecule has 0 bridgehead atoms. The number of nitrogens with zero attached hydrogens (tertiary/aromatic N) is 1. The summed E-state index contributed by atoms with van der Waals surface area (Å²) in [5.41, 5.74) is 5.82. The zero-order valence-electron chi connectivity index (χ0n) is 10.6. The van der Waals surface area contributed by atoms with Crippen LogP contribution >= 0.6 is 0 Å². The number of nitrogens with one attached hydrogen (secondary N) is 1. The second kappa shape index (κ2) is 5.40. The Morgan fingerprint density at radius 1 is 1.63 bits per heavy atom. The number of nitro benzene ring substituents is 1. The van der Waals surface area contributed by atoms with Gasteiger partial charge in [-0.25, -0.2) is 4.39 Å². The summed E-state index contributed by atoms with van der Waals surface area (Å²) < 4.78 is 18.3. The van der Waals surface area contributed by atoms with E-state index in [2.05, 4.69) is 5.32 Å². The number of methoxy groups -OCH3 is 1. The minimum atomic E-state index is -0.758. The Bertz CT molecular complexity index is 491. The fourth-order valence-corrected chi connectivity index (χ4v) is 1.91. The lowest BCUT2D eigenvalue weighted by Crippen LogP contribution is -2.31. The van der Waals surface area contributed by atoms with Gasteiger partial charge in [-0.1, -0.05) is 0 Å². The lowest BCUT2D eigenvalue weighted by atomic mass is 10.2. The fraction of sp³-hybridized carbons (Fsp3) is 0.500. The maximum absolute atomic E-state index is 13.4. The summed E-state index contributed by atoms with van der Waals surface area (Å²) in [6.07, 6.45) is 2.19. The van der Waals surface area contributed by atoms with Crippen LogP contribution in [0.5, 0.6) is 5.75 Å². The van der Waals surface area contributed by atoms with Gasteiger partial charge in [-0.15, -0.1) is 0 Å². The van der Waals surface area contributed by atoms with Crippen LogP contribution in [0.4, 0.5) is 15.8 Å². The summed E-state index contributed by atoms with van der Waals surface area (Å²) in [6, 6.07) is 2.09. The Kier molecular flexibility index (Phi) is 3.84. The van der Waals surface area contributed by atoms with Crippen molar-refractivity contribution in [2.45, 2.75) is 18.9 Å². The van der Waals surface area contributed by atoms with E-state index in [1.807, 2.05) is 0 Å². The van der Waals surface area contributed by atoms with Crippen LogP contribution in [0.25, 0.3) is 0 Å². The van der Waals surface area contributed by atoms with Gasteiger partial charge < -0.3 is 15.8 Å². The molecular weight excluding hydrogens is 253 g/mol. The lowest BCUT2D eigenvalue weighted by Gasteiger charge is -2.13. The zero-order valence-corrected chi connectivity index (χ0v) is 10.6. The van der Waals surface area contributed by atoms with Gasteiger partial charge in [0.25, 0.3) is 5.69 Å². The normalized spacial score (nSPS) is 15.9. The first-order valence-corrected chi connectivity index (χ1v) is 6.04. The van der Waals surface area contributed by atoms with Gasteiger partial charge in [0.05, 0.1) is 18.1 Å². The van der Waals surface area contributed by atoms with Crippen LogP contribution in [-0.2, 0) is 0 Å². The third kappa shape index (κ3) is 3.11. The van der Waals surface area contributed by atoms with Gasteiger partial charge in [0.15, 0.2) is 11.6 Å². The predicted octanol–water partition coefficient (Wildman–Crippen LogP) is 1.89. The van der Waals surface area contributed by atoms with Crippen LogP contribution < -0.4 is 15.8 Å². The Morgan fingerprint density at radius 3 is 2.84 bits per heavy atom. The van der Waals surface area contributed by atoms with Gasteiger partial charge in [0.2, 0.25) is 0 Å². The van der Waals surface area contributed by atoms with Crippen LogP contribution in [-0.4, -0.2) is 24.6 Å². The number of hydrogen-bond donors (Lipinski definition) is 2. The number of hydrogen-bond acceptors (Lipinski definition) is 5. The molecule has 2 rings (SSSR count). The number of rotatable bonds is 6. The van der Waals surface area contributed by atoms with Crippen LogP contribution in [0.1, 0.15) is 12.8 Å². The summed E-state index contributed by atoms with van der Waals surface area (Å²) in [6.45, 7) is 0.417. The van der Waals surface area contributed by atoms with Gasteiger partial charge >= 0.3 is 0 Å². The number of anilines is 1. The third-order valence-corrected chi connectivity index (χ3v) is 3.22. The number of benzene rings is 1. The van der Waals surface area contributed by atoms with Crippen molar-refractivity contribution in [2.75, 3.05) is 19.0 Å². The molecule has 0 spiro atoms. The summed E-state index contributed by atoms with van der Waals surface area (Å²) in [7, 11) is 1.31. The van der Waals surface area contributed by atoms with Gasteiger partial charge in [-0.3, -0.25) is 10.1 Å². The first-order valence-electron chi connectivity index (χ1n) is 6.04. The number of halogens is 1. The average Bonchev–Trinajstić information content (AvgIpc) is 3.20. The molecule has 0 heterocycles. The molecule has 0 aliphatic heterocycles. The molecule has 1 saturated carbocycles. The Labute approximate surface area is 109 Å². The molecule has 3 N–H and O–H groups in total. The maximum Gasteiger partial charge on any atom is 0.295 e. The zero-order chi connectivity index (χ0) is 14.0. The molecule has 6 nitrogen and oxygen atoms in total. The topological polar surface area (TPSA) is 90.4 Å². The Morgan fingerprint density at radius 2 is 2.32 bits per heavy atom. The highest BCUT2D eigenvalue weighted by atomic mass is 19.1. The van der Waals surface area contributed by atoms with E-state index in [1.54, 1.807) is 0 Å². The molecule has 1 aliphatic rings. The Hall–Kier alpha value is -1.89. The van der Waals surface area contributed by atoms with Crippen molar-refractivity contribution in [1.29, 1.82) is 0 Å². The molecule has 0 amide bonds. The van der Waals surface area contributed by atoms with Crippen molar-refractivity contribution in [3.05, 3.63) is 28.1 Å². The second-order valence-corrected chi connectivity index (χ2v) is 4.64. The van der Waals surface area contributed by atoms with E-state index in [4.69, 9.17) is 10.5 Å².